The fraction of sp³-hybridized carbons (Fsp3) is 0.381. The fourth-order valence-electron chi connectivity index (χ4n) is 3.55. The molecule has 0 bridgehead atoms. The average molecular weight is 459 g/mol. The highest BCUT2D eigenvalue weighted by Crippen LogP contribution is 2.39. The van der Waals surface area contributed by atoms with Gasteiger partial charge in [-0.1, -0.05) is 17.8 Å². The molecule has 31 heavy (non-hydrogen) atoms. The summed E-state index contributed by atoms with van der Waals surface area (Å²) in [5, 5.41) is 3.07. The molecule has 3 heterocycles. The van der Waals surface area contributed by atoms with E-state index in [2.05, 4.69) is 15.3 Å². The standard InChI is InChI=1S/C21H22N4O4S2/c1-4-29-19(27)15-13-8-5-9-14(13)31-18(15)23-17(26)12(3)30-20-22-16-11(2)7-6-10-25(16)21(28)24-20/h6-7,10,12H,4-5,8-9H2,1-3H3,(H,23,26)/t12-/m0/s1. The molecule has 1 amide bonds. The van der Waals surface area contributed by atoms with E-state index in [0.717, 1.165) is 47.0 Å². The van der Waals surface area contributed by atoms with Crippen molar-refractivity contribution in [3.63, 3.8) is 0 Å². The summed E-state index contributed by atoms with van der Waals surface area (Å²) in [5.74, 6) is -0.692. The van der Waals surface area contributed by atoms with E-state index in [1.807, 2.05) is 13.0 Å². The number of carbonyl (C=O) groups is 2. The Morgan fingerprint density at radius 1 is 1.35 bits per heavy atom. The molecular weight excluding hydrogens is 436 g/mol. The Morgan fingerprint density at radius 3 is 2.94 bits per heavy atom. The van der Waals surface area contributed by atoms with E-state index in [4.69, 9.17) is 4.74 Å². The maximum atomic E-state index is 12.9. The Kier molecular flexibility index (Phi) is 6.10. The molecule has 8 nitrogen and oxygen atoms in total. The lowest BCUT2D eigenvalue weighted by Crippen LogP contribution is -2.25. The van der Waals surface area contributed by atoms with Gasteiger partial charge >= 0.3 is 11.7 Å². The van der Waals surface area contributed by atoms with Crippen LogP contribution in [0.15, 0.2) is 28.3 Å². The van der Waals surface area contributed by atoms with Crippen molar-refractivity contribution in [1.82, 2.24) is 14.4 Å². The van der Waals surface area contributed by atoms with Gasteiger partial charge in [0.1, 0.15) is 10.6 Å². The quantitative estimate of drug-likeness (QED) is 0.447. The SMILES string of the molecule is CCOC(=O)c1c(NC(=O)[C@H](C)Sc2nc(=O)n3cccc(C)c3n2)sc2c1CCC2. The maximum absolute atomic E-state index is 12.9. The van der Waals surface area contributed by atoms with Gasteiger partial charge in [-0.25, -0.2) is 14.6 Å². The minimum absolute atomic E-state index is 0.237. The summed E-state index contributed by atoms with van der Waals surface area (Å²) >= 11 is 2.54. The largest absolute Gasteiger partial charge is 0.462 e. The molecule has 0 radical (unpaired) electrons. The van der Waals surface area contributed by atoms with Gasteiger partial charge in [-0.05, 0) is 57.2 Å². The van der Waals surface area contributed by atoms with Crippen LogP contribution in [0.4, 0.5) is 5.00 Å². The van der Waals surface area contributed by atoms with E-state index in [1.165, 1.54) is 15.7 Å². The van der Waals surface area contributed by atoms with Crippen molar-refractivity contribution in [3.05, 3.63) is 50.4 Å². The minimum atomic E-state index is -0.571. The number of thioether (sulfide) groups is 1. The summed E-state index contributed by atoms with van der Waals surface area (Å²) in [6, 6.07) is 3.62. The van der Waals surface area contributed by atoms with Crippen LogP contribution in [0.3, 0.4) is 0 Å². The number of amides is 1. The number of esters is 1. The second-order valence-electron chi connectivity index (χ2n) is 7.20. The van der Waals surface area contributed by atoms with Gasteiger partial charge in [-0.15, -0.1) is 11.3 Å². The lowest BCUT2D eigenvalue weighted by Gasteiger charge is -2.12. The zero-order valence-corrected chi connectivity index (χ0v) is 19.1. The van der Waals surface area contributed by atoms with Crippen LogP contribution in [0.1, 0.15) is 46.6 Å². The molecule has 162 valence electrons. The van der Waals surface area contributed by atoms with E-state index in [-0.39, 0.29) is 17.7 Å². The molecule has 0 aliphatic heterocycles. The highest BCUT2D eigenvalue weighted by Gasteiger charge is 2.29. The Hall–Kier alpha value is -2.72. The minimum Gasteiger partial charge on any atom is -0.462 e. The molecule has 0 spiro atoms. The molecule has 0 fully saturated rings. The number of hydrogen-bond acceptors (Lipinski definition) is 8. The highest BCUT2D eigenvalue weighted by atomic mass is 32.2. The molecule has 1 aliphatic rings. The van der Waals surface area contributed by atoms with Crippen LogP contribution in [0.25, 0.3) is 5.65 Å². The molecule has 3 aromatic rings. The van der Waals surface area contributed by atoms with E-state index in [1.54, 1.807) is 26.1 Å². The first-order valence-electron chi connectivity index (χ1n) is 10.0. The van der Waals surface area contributed by atoms with Crippen molar-refractivity contribution in [2.24, 2.45) is 0 Å². The van der Waals surface area contributed by atoms with Crippen LogP contribution >= 0.6 is 23.1 Å². The monoisotopic (exact) mass is 458 g/mol. The number of nitrogens with one attached hydrogen (secondary N) is 1. The number of rotatable bonds is 6. The summed E-state index contributed by atoms with van der Waals surface area (Å²) in [6.07, 6.45) is 4.33. The number of hydrogen-bond donors (Lipinski definition) is 1. The number of ether oxygens (including phenoxy) is 1. The van der Waals surface area contributed by atoms with Crippen molar-refractivity contribution < 1.29 is 14.3 Å². The molecule has 1 N–H and O–H groups in total. The van der Waals surface area contributed by atoms with Crippen LogP contribution in [0, 0.1) is 6.92 Å². The third kappa shape index (κ3) is 4.22. The molecular formula is C21H22N4O4S2. The van der Waals surface area contributed by atoms with E-state index in [9.17, 15) is 14.4 Å². The van der Waals surface area contributed by atoms with E-state index < -0.39 is 16.9 Å². The number of anilines is 1. The van der Waals surface area contributed by atoms with Gasteiger partial charge in [0.05, 0.1) is 17.4 Å². The van der Waals surface area contributed by atoms with Gasteiger partial charge in [0.25, 0.3) is 0 Å². The highest BCUT2D eigenvalue weighted by molar-refractivity contribution is 8.00. The normalized spacial score (nSPS) is 13.8. The summed E-state index contributed by atoms with van der Waals surface area (Å²) in [4.78, 5) is 47.2. The Balaban J connectivity index is 1.55. The third-order valence-electron chi connectivity index (χ3n) is 5.05. The molecule has 0 aromatic carbocycles. The van der Waals surface area contributed by atoms with Gasteiger partial charge < -0.3 is 10.1 Å². The van der Waals surface area contributed by atoms with Crippen LogP contribution in [-0.4, -0.2) is 38.1 Å². The van der Waals surface area contributed by atoms with Gasteiger partial charge in [-0.2, -0.15) is 4.98 Å². The first kappa shape index (κ1) is 21.5. The number of pyridine rings is 1. The topological polar surface area (TPSA) is 103 Å². The van der Waals surface area contributed by atoms with Gasteiger partial charge in [-0.3, -0.25) is 9.20 Å². The molecule has 1 aliphatic carbocycles. The average Bonchev–Trinajstić information content (AvgIpc) is 3.29. The number of aryl methyl sites for hydroxylation is 2. The third-order valence-corrected chi connectivity index (χ3v) is 7.22. The zero-order chi connectivity index (χ0) is 22.1. The first-order valence-corrected chi connectivity index (χ1v) is 11.7. The predicted molar refractivity (Wildman–Crippen MR) is 120 cm³/mol. The van der Waals surface area contributed by atoms with E-state index in [0.29, 0.717) is 16.2 Å². The summed E-state index contributed by atoms with van der Waals surface area (Å²) in [6.45, 7) is 5.61. The number of thiophene rings is 1. The summed E-state index contributed by atoms with van der Waals surface area (Å²) in [5.41, 5.74) is 2.37. The molecule has 0 unspecified atom stereocenters. The van der Waals surface area contributed by atoms with Crippen molar-refractivity contribution in [2.45, 2.75) is 50.4 Å². The van der Waals surface area contributed by atoms with Crippen molar-refractivity contribution >= 4 is 45.6 Å². The van der Waals surface area contributed by atoms with E-state index >= 15 is 0 Å². The summed E-state index contributed by atoms with van der Waals surface area (Å²) in [7, 11) is 0. The lowest BCUT2D eigenvalue weighted by molar-refractivity contribution is -0.115. The zero-order valence-electron chi connectivity index (χ0n) is 17.4. The lowest BCUT2D eigenvalue weighted by atomic mass is 10.1. The number of nitrogens with zero attached hydrogens (tertiary/aromatic N) is 3. The smallest absolute Gasteiger partial charge is 0.355 e. The van der Waals surface area contributed by atoms with Crippen molar-refractivity contribution in [2.75, 3.05) is 11.9 Å². The fourth-order valence-corrected chi connectivity index (χ4v) is 5.58. The number of fused-ring (bicyclic) bond motifs is 2. The second-order valence-corrected chi connectivity index (χ2v) is 9.62. The second kappa shape index (κ2) is 8.80. The van der Waals surface area contributed by atoms with Crippen LogP contribution < -0.4 is 11.0 Å². The molecule has 4 rings (SSSR count). The Labute approximate surface area is 187 Å². The molecule has 3 aromatic heterocycles. The number of aromatic nitrogens is 3. The van der Waals surface area contributed by atoms with Crippen LogP contribution in [-0.2, 0) is 22.4 Å². The van der Waals surface area contributed by atoms with Crippen molar-refractivity contribution in [1.29, 1.82) is 0 Å². The summed E-state index contributed by atoms with van der Waals surface area (Å²) < 4.78 is 6.59. The Morgan fingerprint density at radius 2 is 2.16 bits per heavy atom. The van der Waals surface area contributed by atoms with Crippen LogP contribution in [0.5, 0.6) is 0 Å². The van der Waals surface area contributed by atoms with Gasteiger partial charge in [0, 0.05) is 11.1 Å². The molecule has 0 saturated carbocycles. The first-order chi connectivity index (χ1) is 14.9. The van der Waals surface area contributed by atoms with Gasteiger partial charge in [0.2, 0.25) is 5.91 Å². The number of carbonyl (C=O) groups excluding carboxylic acids is 2. The molecule has 1 atom stereocenters. The van der Waals surface area contributed by atoms with Gasteiger partial charge in [0.15, 0.2) is 5.16 Å². The molecule has 0 saturated heterocycles. The molecule has 10 heteroatoms. The van der Waals surface area contributed by atoms with Crippen LogP contribution in [0.2, 0.25) is 0 Å². The van der Waals surface area contributed by atoms with Crippen molar-refractivity contribution in [3.8, 4) is 0 Å². The predicted octanol–water partition coefficient (Wildman–Crippen LogP) is 3.24. The maximum Gasteiger partial charge on any atom is 0.355 e. The Bertz CT molecular complexity index is 1230.